The second kappa shape index (κ2) is 3.93. The van der Waals surface area contributed by atoms with E-state index in [1.54, 1.807) is 0 Å². The van der Waals surface area contributed by atoms with E-state index in [4.69, 9.17) is 5.73 Å². The molecule has 1 aromatic rings. The fourth-order valence-corrected chi connectivity index (χ4v) is 1.00. The second-order valence-corrected chi connectivity index (χ2v) is 2.55. The number of halogens is 1. The number of rotatable bonds is 3. The third kappa shape index (κ3) is 1.91. The van der Waals surface area contributed by atoms with Gasteiger partial charge in [0.05, 0.1) is 17.0 Å². The van der Waals surface area contributed by atoms with E-state index in [1.807, 2.05) is 0 Å². The van der Waals surface area contributed by atoms with Crippen LogP contribution in [-0.2, 0) is 0 Å². The number of hydrogen-bond donors (Lipinski definition) is 1. The lowest BCUT2D eigenvalue weighted by Gasteiger charge is -1.99. The molecule has 1 aromatic carbocycles. The van der Waals surface area contributed by atoms with Crippen LogP contribution in [0.3, 0.4) is 0 Å². The highest BCUT2D eigenvalue weighted by Crippen LogP contribution is 2.19. The number of ketones is 1. The molecule has 6 heteroatoms. The molecule has 0 aliphatic rings. The third-order valence-corrected chi connectivity index (χ3v) is 1.64. The predicted octanol–water partition coefficient (Wildman–Crippen LogP) is 0.875. The maximum absolute atomic E-state index is 12.7. The van der Waals surface area contributed by atoms with Crippen LogP contribution < -0.4 is 5.73 Å². The van der Waals surface area contributed by atoms with E-state index < -0.39 is 22.2 Å². The number of carbonyl (C=O) groups excluding carboxylic acids is 1. The van der Waals surface area contributed by atoms with E-state index in [1.165, 1.54) is 0 Å². The van der Waals surface area contributed by atoms with Crippen molar-refractivity contribution in [1.82, 2.24) is 0 Å². The average molecular weight is 198 g/mol. The Kier molecular flexibility index (Phi) is 2.88. The molecule has 0 bridgehead atoms. The Morgan fingerprint density at radius 3 is 2.71 bits per heavy atom. The summed E-state index contributed by atoms with van der Waals surface area (Å²) in [5.74, 6) is -1.36. The highest BCUT2D eigenvalue weighted by Gasteiger charge is 2.19. The molecule has 0 radical (unpaired) electrons. The van der Waals surface area contributed by atoms with Gasteiger partial charge in [-0.1, -0.05) is 0 Å². The number of benzene rings is 1. The highest BCUT2D eigenvalue weighted by molar-refractivity contribution is 6.01. The summed E-state index contributed by atoms with van der Waals surface area (Å²) in [5.41, 5.74) is 4.31. The van der Waals surface area contributed by atoms with Gasteiger partial charge in [-0.05, 0) is 12.1 Å². The van der Waals surface area contributed by atoms with Gasteiger partial charge in [-0.2, -0.15) is 0 Å². The average Bonchev–Trinajstić information content (AvgIpc) is 2.16. The predicted molar refractivity (Wildman–Crippen MR) is 46.4 cm³/mol. The van der Waals surface area contributed by atoms with Crippen molar-refractivity contribution in [2.75, 3.05) is 6.54 Å². The Morgan fingerprint density at radius 1 is 1.57 bits per heavy atom. The largest absolute Gasteiger partial charge is 0.324 e. The molecule has 74 valence electrons. The summed E-state index contributed by atoms with van der Waals surface area (Å²) in [6.07, 6.45) is 0. The molecule has 0 aliphatic heterocycles. The minimum Gasteiger partial charge on any atom is -0.324 e. The summed E-state index contributed by atoms with van der Waals surface area (Å²) >= 11 is 0. The Labute approximate surface area is 78.5 Å². The van der Waals surface area contributed by atoms with Gasteiger partial charge in [0.2, 0.25) is 0 Å². The molecule has 0 heterocycles. The van der Waals surface area contributed by atoms with Crippen LogP contribution in [-0.4, -0.2) is 17.3 Å². The lowest BCUT2D eigenvalue weighted by Crippen LogP contribution is -2.15. The zero-order valence-electron chi connectivity index (χ0n) is 7.07. The van der Waals surface area contributed by atoms with Crippen LogP contribution >= 0.6 is 0 Å². The number of carbonyl (C=O) groups is 1. The lowest BCUT2D eigenvalue weighted by molar-refractivity contribution is -0.385. The first-order valence-electron chi connectivity index (χ1n) is 3.73. The van der Waals surface area contributed by atoms with Crippen molar-refractivity contribution in [3.8, 4) is 0 Å². The first kappa shape index (κ1) is 10.3. The van der Waals surface area contributed by atoms with Crippen LogP contribution in [0.1, 0.15) is 10.4 Å². The Balaban J connectivity index is 3.29. The first-order chi connectivity index (χ1) is 6.56. The Hall–Kier alpha value is -1.82. The fraction of sp³-hybridized carbons (Fsp3) is 0.125. The van der Waals surface area contributed by atoms with Crippen LogP contribution in [0.5, 0.6) is 0 Å². The normalized spacial score (nSPS) is 9.86. The summed E-state index contributed by atoms with van der Waals surface area (Å²) in [4.78, 5) is 20.8. The monoisotopic (exact) mass is 198 g/mol. The fourth-order valence-electron chi connectivity index (χ4n) is 1.00. The molecule has 0 fully saturated rings. The van der Waals surface area contributed by atoms with Gasteiger partial charge in [0.25, 0.3) is 5.69 Å². The number of Topliss-reactive ketones (excluding diaryl/α,β-unsaturated/α-hetero) is 1. The van der Waals surface area contributed by atoms with Gasteiger partial charge >= 0.3 is 0 Å². The number of nitrogens with two attached hydrogens (primary N) is 1. The van der Waals surface area contributed by atoms with Crippen LogP contribution in [0.4, 0.5) is 10.1 Å². The van der Waals surface area contributed by atoms with Crippen molar-refractivity contribution in [2.45, 2.75) is 0 Å². The van der Waals surface area contributed by atoms with E-state index in [-0.39, 0.29) is 12.1 Å². The van der Waals surface area contributed by atoms with Gasteiger partial charge < -0.3 is 5.73 Å². The van der Waals surface area contributed by atoms with Crippen molar-refractivity contribution in [2.24, 2.45) is 5.73 Å². The van der Waals surface area contributed by atoms with E-state index in [0.717, 1.165) is 18.2 Å². The Morgan fingerprint density at radius 2 is 2.21 bits per heavy atom. The molecule has 0 unspecified atom stereocenters. The minimum absolute atomic E-state index is 0.294. The van der Waals surface area contributed by atoms with Crippen molar-refractivity contribution in [1.29, 1.82) is 0 Å². The summed E-state index contributed by atoms with van der Waals surface area (Å²) in [5, 5.41) is 10.4. The van der Waals surface area contributed by atoms with Gasteiger partial charge in [-0.3, -0.25) is 14.9 Å². The first-order valence-corrected chi connectivity index (χ1v) is 3.73. The van der Waals surface area contributed by atoms with E-state index in [0.29, 0.717) is 0 Å². The molecule has 0 atom stereocenters. The van der Waals surface area contributed by atoms with E-state index in [9.17, 15) is 19.3 Å². The third-order valence-electron chi connectivity index (χ3n) is 1.64. The van der Waals surface area contributed by atoms with Gasteiger partial charge in [-0.25, -0.2) is 4.39 Å². The molecule has 1 rings (SSSR count). The molecule has 0 amide bonds. The molecule has 2 N–H and O–H groups in total. The van der Waals surface area contributed by atoms with Gasteiger partial charge in [0.15, 0.2) is 5.78 Å². The van der Waals surface area contributed by atoms with Gasteiger partial charge in [0, 0.05) is 6.07 Å². The smallest absolute Gasteiger partial charge is 0.280 e. The minimum atomic E-state index is -0.748. The van der Waals surface area contributed by atoms with Crippen LogP contribution in [0.25, 0.3) is 0 Å². The SMILES string of the molecule is NCC(=O)c1cc(F)ccc1[N+](=O)[O-]. The van der Waals surface area contributed by atoms with Crippen molar-refractivity contribution < 1.29 is 14.1 Å². The summed E-state index contributed by atoms with van der Waals surface area (Å²) in [6.45, 7) is -0.385. The summed E-state index contributed by atoms with van der Waals surface area (Å²) in [7, 11) is 0. The van der Waals surface area contributed by atoms with Crippen LogP contribution in [0, 0.1) is 15.9 Å². The van der Waals surface area contributed by atoms with E-state index in [2.05, 4.69) is 0 Å². The molecule has 0 spiro atoms. The maximum Gasteiger partial charge on any atom is 0.280 e. The Bertz CT molecular complexity index is 392. The summed E-state index contributed by atoms with van der Waals surface area (Å²) < 4.78 is 12.7. The van der Waals surface area contributed by atoms with Gasteiger partial charge in [0.1, 0.15) is 5.82 Å². The molecule has 0 aliphatic carbocycles. The molecular weight excluding hydrogens is 191 g/mol. The molecule has 14 heavy (non-hydrogen) atoms. The number of nitro benzene ring substituents is 1. The number of hydrogen-bond acceptors (Lipinski definition) is 4. The molecule has 5 nitrogen and oxygen atoms in total. The van der Waals surface area contributed by atoms with Crippen molar-refractivity contribution in [3.63, 3.8) is 0 Å². The van der Waals surface area contributed by atoms with Crippen LogP contribution in [0.2, 0.25) is 0 Å². The van der Waals surface area contributed by atoms with Crippen LogP contribution in [0.15, 0.2) is 18.2 Å². The zero-order valence-corrected chi connectivity index (χ0v) is 7.07. The maximum atomic E-state index is 12.7. The molecule has 0 saturated carbocycles. The quantitative estimate of drug-likeness (QED) is 0.443. The number of nitro groups is 1. The zero-order chi connectivity index (χ0) is 10.7. The van der Waals surface area contributed by atoms with Gasteiger partial charge in [-0.15, -0.1) is 0 Å². The molecular formula is C8H7FN2O3. The van der Waals surface area contributed by atoms with Crippen molar-refractivity contribution in [3.05, 3.63) is 39.7 Å². The number of nitrogens with zero attached hydrogens (tertiary/aromatic N) is 1. The topological polar surface area (TPSA) is 86.2 Å². The standard InChI is InChI=1S/C8H7FN2O3/c9-5-1-2-7(11(13)14)6(3-5)8(12)4-10/h1-3H,4,10H2. The lowest BCUT2D eigenvalue weighted by atomic mass is 10.1. The highest BCUT2D eigenvalue weighted by atomic mass is 19.1. The second-order valence-electron chi connectivity index (χ2n) is 2.55. The van der Waals surface area contributed by atoms with Crippen molar-refractivity contribution >= 4 is 11.5 Å². The summed E-state index contributed by atoms with van der Waals surface area (Å²) in [6, 6.07) is 2.68. The van der Waals surface area contributed by atoms with E-state index >= 15 is 0 Å². The molecule has 0 saturated heterocycles. The molecule has 0 aromatic heterocycles.